The lowest BCUT2D eigenvalue weighted by Crippen LogP contribution is -1.97. The predicted molar refractivity (Wildman–Crippen MR) is 211 cm³/mol. The van der Waals surface area contributed by atoms with Gasteiger partial charge >= 0.3 is 0 Å². The highest BCUT2D eigenvalue weighted by molar-refractivity contribution is 6.19. The van der Waals surface area contributed by atoms with Gasteiger partial charge in [-0.05, 0) is 88.0 Å². The minimum Gasteiger partial charge on any atom is -0.309 e. The van der Waals surface area contributed by atoms with Crippen molar-refractivity contribution in [3.05, 3.63) is 194 Å². The van der Waals surface area contributed by atoms with Crippen LogP contribution in [0.3, 0.4) is 0 Å². The smallest absolute Gasteiger partial charge is 0.0562 e. The van der Waals surface area contributed by atoms with Crippen molar-refractivity contribution in [2.45, 2.75) is 0 Å². The first kappa shape index (κ1) is 28.4. The van der Waals surface area contributed by atoms with Gasteiger partial charge in [0.1, 0.15) is 0 Å². The fourth-order valence-corrected chi connectivity index (χ4v) is 7.76. The summed E-state index contributed by atoms with van der Waals surface area (Å²) >= 11 is 0. The Balaban J connectivity index is 1.35. The average Bonchev–Trinajstić information content (AvgIpc) is 3.69. The van der Waals surface area contributed by atoms with Crippen molar-refractivity contribution >= 4 is 43.6 Å². The first-order valence-corrected chi connectivity index (χ1v) is 17.2. The normalized spacial score (nSPS) is 11.6. The molecule has 50 heavy (non-hydrogen) atoms. The molecule has 0 radical (unpaired) electrons. The lowest BCUT2D eigenvalue weighted by atomic mass is 9.98. The van der Waals surface area contributed by atoms with E-state index in [1.54, 1.807) is 0 Å². The molecule has 0 saturated carbocycles. The van der Waals surface area contributed by atoms with Crippen LogP contribution in [-0.4, -0.2) is 9.13 Å². The summed E-state index contributed by atoms with van der Waals surface area (Å²) in [6.07, 6.45) is 0. The maximum atomic E-state index is 2.49. The number of rotatable bonds is 5. The van der Waals surface area contributed by atoms with E-state index in [1.807, 2.05) is 0 Å². The molecule has 0 saturated heterocycles. The molecule has 10 rings (SSSR count). The molecule has 8 aromatic carbocycles. The van der Waals surface area contributed by atoms with Gasteiger partial charge in [-0.3, -0.25) is 0 Å². The van der Waals surface area contributed by atoms with Gasteiger partial charge < -0.3 is 9.13 Å². The highest BCUT2D eigenvalue weighted by Crippen LogP contribution is 2.42. The minimum absolute atomic E-state index is 1.14. The highest BCUT2D eigenvalue weighted by Gasteiger charge is 2.20. The third-order valence-electron chi connectivity index (χ3n) is 10.1. The van der Waals surface area contributed by atoms with E-state index in [9.17, 15) is 0 Å². The van der Waals surface area contributed by atoms with Crippen molar-refractivity contribution in [1.82, 2.24) is 9.13 Å². The Morgan fingerprint density at radius 2 is 0.680 bits per heavy atom. The number of benzene rings is 8. The molecule has 0 N–H and O–H groups in total. The Labute approximate surface area is 290 Å². The fourth-order valence-electron chi connectivity index (χ4n) is 7.76. The van der Waals surface area contributed by atoms with Gasteiger partial charge in [0, 0.05) is 32.9 Å². The summed E-state index contributed by atoms with van der Waals surface area (Å²) in [6.45, 7) is 0. The quantitative estimate of drug-likeness (QED) is 0.178. The highest BCUT2D eigenvalue weighted by atomic mass is 15.0. The third-order valence-corrected chi connectivity index (χ3v) is 10.1. The number of hydrogen-bond acceptors (Lipinski definition) is 0. The van der Waals surface area contributed by atoms with E-state index < -0.39 is 0 Å². The van der Waals surface area contributed by atoms with Crippen LogP contribution in [0.25, 0.3) is 88.4 Å². The molecule has 0 bridgehead atoms. The third kappa shape index (κ3) is 4.57. The molecule has 2 aromatic heterocycles. The number of para-hydroxylation sites is 2. The van der Waals surface area contributed by atoms with Crippen LogP contribution in [0.5, 0.6) is 0 Å². The SMILES string of the molecule is c1ccc(-c2cc(-c3ccccc3)cc(-n3c4cc(-c5ccccc5)ccc4c4cc5c6ccccc6n(-c6ccccc6)c5cc43)c2)cc1. The summed E-state index contributed by atoms with van der Waals surface area (Å²) in [7, 11) is 0. The zero-order chi connectivity index (χ0) is 33.0. The summed E-state index contributed by atoms with van der Waals surface area (Å²) < 4.78 is 4.90. The molecular formula is C48H32N2. The second-order valence-corrected chi connectivity index (χ2v) is 13.0. The Morgan fingerprint density at radius 1 is 0.220 bits per heavy atom. The predicted octanol–water partition coefficient (Wildman–Crippen LogP) is 12.9. The average molecular weight is 637 g/mol. The van der Waals surface area contributed by atoms with Crippen LogP contribution in [0.15, 0.2) is 194 Å². The second-order valence-electron chi connectivity index (χ2n) is 13.0. The van der Waals surface area contributed by atoms with Crippen LogP contribution in [0, 0.1) is 0 Å². The number of hydrogen-bond donors (Lipinski definition) is 0. The molecule has 234 valence electrons. The van der Waals surface area contributed by atoms with E-state index in [-0.39, 0.29) is 0 Å². The molecule has 2 heteroatoms. The number of fused-ring (bicyclic) bond motifs is 6. The summed E-state index contributed by atoms with van der Waals surface area (Å²) in [5.74, 6) is 0. The van der Waals surface area contributed by atoms with E-state index in [2.05, 4.69) is 203 Å². The first-order valence-electron chi connectivity index (χ1n) is 17.2. The molecule has 0 unspecified atom stereocenters. The summed E-state index contributed by atoms with van der Waals surface area (Å²) in [5.41, 5.74) is 14.3. The van der Waals surface area contributed by atoms with Gasteiger partial charge in [-0.15, -0.1) is 0 Å². The molecule has 0 amide bonds. The Morgan fingerprint density at radius 3 is 1.28 bits per heavy atom. The van der Waals surface area contributed by atoms with Gasteiger partial charge in [0.2, 0.25) is 0 Å². The van der Waals surface area contributed by atoms with Crippen molar-refractivity contribution in [3.63, 3.8) is 0 Å². The Hall–Kier alpha value is -6.64. The molecular weight excluding hydrogens is 605 g/mol. The minimum atomic E-state index is 1.14. The van der Waals surface area contributed by atoms with Gasteiger partial charge in [-0.2, -0.15) is 0 Å². The van der Waals surface area contributed by atoms with Crippen molar-refractivity contribution < 1.29 is 0 Å². The van der Waals surface area contributed by atoms with Crippen LogP contribution < -0.4 is 0 Å². The van der Waals surface area contributed by atoms with Crippen LogP contribution in [-0.2, 0) is 0 Å². The molecule has 0 aliphatic rings. The van der Waals surface area contributed by atoms with E-state index in [4.69, 9.17) is 0 Å². The molecule has 0 fully saturated rings. The zero-order valence-electron chi connectivity index (χ0n) is 27.4. The summed E-state index contributed by atoms with van der Waals surface area (Å²) in [5, 5.41) is 5.00. The molecule has 2 nitrogen and oxygen atoms in total. The number of nitrogens with zero attached hydrogens (tertiary/aromatic N) is 2. The Kier molecular flexibility index (Phi) is 6.53. The van der Waals surface area contributed by atoms with Gasteiger partial charge in [0.25, 0.3) is 0 Å². The Bertz CT molecular complexity index is 2770. The molecule has 0 aliphatic heterocycles. The van der Waals surface area contributed by atoms with Crippen LogP contribution in [0.1, 0.15) is 0 Å². The van der Waals surface area contributed by atoms with Gasteiger partial charge in [-0.1, -0.05) is 140 Å². The standard InChI is InChI=1S/C48H32N2/c1-5-15-33(16-6-1)36-25-26-42-44-31-43-41-23-13-14-24-45(41)49(39-21-11-4-12-22-39)47(43)32-48(44)50(46(42)30-36)40-28-37(34-17-7-2-8-18-34)27-38(29-40)35-19-9-3-10-20-35/h1-32H. The van der Waals surface area contributed by atoms with E-state index in [1.165, 1.54) is 77.0 Å². The molecule has 0 aliphatic carbocycles. The van der Waals surface area contributed by atoms with E-state index >= 15 is 0 Å². The first-order chi connectivity index (χ1) is 24.8. The van der Waals surface area contributed by atoms with Gasteiger partial charge in [-0.25, -0.2) is 0 Å². The van der Waals surface area contributed by atoms with Crippen molar-refractivity contribution in [3.8, 4) is 44.8 Å². The van der Waals surface area contributed by atoms with Gasteiger partial charge in [0.15, 0.2) is 0 Å². The maximum absolute atomic E-state index is 2.49. The van der Waals surface area contributed by atoms with Crippen LogP contribution in [0.4, 0.5) is 0 Å². The maximum Gasteiger partial charge on any atom is 0.0562 e. The molecule has 0 spiro atoms. The fraction of sp³-hybridized carbons (Fsp3) is 0. The lowest BCUT2D eigenvalue weighted by Gasteiger charge is -2.15. The molecule has 2 heterocycles. The van der Waals surface area contributed by atoms with Crippen LogP contribution >= 0.6 is 0 Å². The monoisotopic (exact) mass is 636 g/mol. The molecule has 10 aromatic rings. The largest absolute Gasteiger partial charge is 0.309 e. The van der Waals surface area contributed by atoms with Crippen LogP contribution in [0.2, 0.25) is 0 Å². The van der Waals surface area contributed by atoms with Crippen molar-refractivity contribution in [1.29, 1.82) is 0 Å². The lowest BCUT2D eigenvalue weighted by molar-refractivity contribution is 1.16. The summed E-state index contributed by atoms with van der Waals surface area (Å²) in [4.78, 5) is 0. The zero-order valence-corrected chi connectivity index (χ0v) is 27.4. The van der Waals surface area contributed by atoms with Gasteiger partial charge in [0.05, 0.1) is 22.1 Å². The van der Waals surface area contributed by atoms with E-state index in [0.29, 0.717) is 0 Å². The number of aromatic nitrogens is 2. The topological polar surface area (TPSA) is 9.86 Å². The van der Waals surface area contributed by atoms with E-state index in [0.717, 1.165) is 11.4 Å². The van der Waals surface area contributed by atoms with Crippen molar-refractivity contribution in [2.75, 3.05) is 0 Å². The van der Waals surface area contributed by atoms with Crippen molar-refractivity contribution in [2.24, 2.45) is 0 Å². The molecule has 0 atom stereocenters. The summed E-state index contributed by atoms with van der Waals surface area (Å²) in [6, 6.07) is 70.5. The second kappa shape index (κ2) is 11.5.